The third kappa shape index (κ3) is 2.79. The van der Waals surface area contributed by atoms with Crippen molar-refractivity contribution in [2.75, 3.05) is 7.11 Å². The van der Waals surface area contributed by atoms with E-state index >= 15 is 0 Å². The van der Waals surface area contributed by atoms with Crippen LogP contribution in [0.5, 0.6) is 5.75 Å². The van der Waals surface area contributed by atoms with E-state index in [4.69, 9.17) is 9.84 Å². The highest BCUT2D eigenvalue weighted by Gasteiger charge is 2.36. The summed E-state index contributed by atoms with van der Waals surface area (Å²) in [5.74, 6) is -1.07. The topological polar surface area (TPSA) is 83.9 Å². The highest BCUT2D eigenvalue weighted by Crippen LogP contribution is 2.30. The van der Waals surface area contributed by atoms with E-state index in [1.54, 1.807) is 24.3 Å². The molecule has 0 unspecified atom stereocenters. The van der Waals surface area contributed by atoms with Crippen LogP contribution in [-0.4, -0.2) is 34.9 Å². The van der Waals surface area contributed by atoms with Gasteiger partial charge in [0.15, 0.2) is 0 Å². The average Bonchev–Trinajstić information content (AvgIpc) is 2.76. The van der Waals surface area contributed by atoms with Crippen LogP contribution in [0.2, 0.25) is 0 Å². The fraction of sp³-hybridized carbons (Fsp3) is 0.357. The molecule has 1 saturated heterocycles. The van der Waals surface area contributed by atoms with E-state index in [1.165, 1.54) is 7.11 Å². The van der Waals surface area contributed by atoms with E-state index in [0.717, 1.165) is 4.90 Å². The Morgan fingerprint density at radius 2 is 1.80 bits per heavy atom. The molecular formula is C14H15NO5. The summed E-state index contributed by atoms with van der Waals surface area (Å²) >= 11 is 0. The summed E-state index contributed by atoms with van der Waals surface area (Å²) in [5, 5.41) is 9.00. The van der Waals surface area contributed by atoms with Gasteiger partial charge in [0.2, 0.25) is 11.8 Å². The minimum Gasteiger partial charge on any atom is -0.497 e. The van der Waals surface area contributed by atoms with Crippen molar-refractivity contribution in [3.63, 3.8) is 0 Å². The maximum atomic E-state index is 11.8. The Balaban J connectivity index is 2.33. The molecule has 20 heavy (non-hydrogen) atoms. The molecular weight excluding hydrogens is 262 g/mol. The smallest absolute Gasteiger partial charge is 0.305 e. The number of carboxylic acid groups (broad SMARTS) is 1. The molecule has 1 N–H and O–H groups in total. The maximum absolute atomic E-state index is 11.8. The second-order valence-electron chi connectivity index (χ2n) is 4.54. The number of likely N-dealkylation sites (tertiary alicyclic amines) is 1. The molecule has 6 heteroatoms. The van der Waals surface area contributed by atoms with Crippen LogP contribution in [0.25, 0.3) is 0 Å². The van der Waals surface area contributed by atoms with Gasteiger partial charge in [0.05, 0.1) is 19.6 Å². The van der Waals surface area contributed by atoms with Crippen molar-refractivity contribution in [2.45, 2.75) is 25.3 Å². The Kier molecular flexibility index (Phi) is 4.02. The van der Waals surface area contributed by atoms with Crippen molar-refractivity contribution < 1.29 is 24.2 Å². The molecule has 1 aliphatic rings. The third-order valence-electron chi connectivity index (χ3n) is 3.27. The summed E-state index contributed by atoms with van der Waals surface area (Å²) in [7, 11) is 1.53. The summed E-state index contributed by atoms with van der Waals surface area (Å²) < 4.78 is 5.03. The number of aliphatic carboxylic acids is 1. The molecule has 0 bridgehead atoms. The molecule has 0 aromatic heterocycles. The molecule has 0 aliphatic carbocycles. The van der Waals surface area contributed by atoms with E-state index < -0.39 is 12.0 Å². The largest absolute Gasteiger partial charge is 0.497 e. The number of ether oxygens (including phenoxy) is 1. The van der Waals surface area contributed by atoms with Crippen LogP contribution in [0.4, 0.5) is 0 Å². The van der Waals surface area contributed by atoms with Gasteiger partial charge in [0, 0.05) is 12.8 Å². The van der Waals surface area contributed by atoms with Gasteiger partial charge in [0.25, 0.3) is 0 Å². The first kappa shape index (κ1) is 14.0. The Labute approximate surface area is 115 Å². The maximum Gasteiger partial charge on any atom is 0.305 e. The van der Waals surface area contributed by atoms with Crippen LogP contribution in [-0.2, 0) is 14.4 Å². The van der Waals surface area contributed by atoms with Gasteiger partial charge in [-0.2, -0.15) is 0 Å². The summed E-state index contributed by atoms with van der Waals surface area (Å²) in [6.07, 6.45) is -0.0139. The lowest BCUT2D eigenvalue weighted by atomic mass is 10.0. The van der Waals surface area contributed by atoms with Crippen molar-refractivity contribution in [3.05, 3.63) is 29.8 Å². The van der Waals surface area contributed by atoms with Gasteiger partial charge in [-0.1, -0.05) is 12.1 Å². The van der Waals surface area contributed by atoms with Crippen LogP contribution in [0.1, 0.15) is 30.9 Å². The fourth-order valence-electron chi connectivity index (χ4n) is 2.29. The summed E-state index contributed by atoms with van der Waals surface area (Å²) in [5.41, 5.74) is 0.608. The first-order valence-electron chi connectivity index (χ1n) is 6.23. The number of nitrogens with zero attached hydrogens (tertiary/aromatic N) is 1. The lowest BCUT2D eigenvalue weighted by Gasteiger charge is -2.25. The molecule has 2 rings (SSSR count). The number of carbonyl (C=O) groups excluding carboxylic acids is 2. The van der Waals surface area contributed by atoms with Crippen molar-refractivity contribution in [2.24, 2.45) is 0 Å². The van der Waals surface area contributed by atoms with Gasteiger partial charge in [0.1, 0.15) is 5.75 Å². The van der Waals surface area contributed by atoms with Crippen molar-refractivity contribution >= 4 is 17.8 Å². The number of carboxylic acids is 1. The van der Waals surface area contributed by atoms with Gasteiger partial charge in [-0.3, -0.25) is 19.3 Å². The number of imide groups is 1. The third-order valence-corrected chi connectivity index (χ3v) is 3.27. The quantitative estimate of drug-likeness (QED) is 0.821. The standard InChI is InChI=1S/C14H15NO5/c1-20-10-4-2-9(3-5-10)11(8-14(18)19)15-12(16)6-7-13(15)17/h2-5,11H,6-8H2,1H3,(H,18,19)/t11-/m0/s1. The number of hydrogen-bond acceptors (Lipinski definition) is 4. The Hall–Kier alpha value is -2.37. The number of carbonyl (C=O) groups is 3. The molecule has 2 amide bonds. The molecule has 1 aliphatic heterocycles. The Morgan fingerprint density at radius 3 is 2.25 bits per heavy atom. The Bertz CT molecular complexity index is 521. The van der Waals surface area contributed by atoms with Crippen molar-refractivity contribution in [1.82, 2.24) is 4.90 Å². The number of benzene rings is 1. The van der Waals surface area contributed by atoms with E-state index in [2.05, 4.69) is 0 Å². The van der Waals surface area contributed by atoms with Gasteiger partial charge >= 0.3 is 5.97 Å². The first-order valence-corrected chi connectivity index (χ1v) is 6.23. The predicted molar refractivity (Wildman–Crippen MR) is 69.1 cm³/mol. The molecule has 1 atom stereocenters. The van der Waals surface area contributed by atoms with Gasteiger partial charge < -0.3 is 9.84 Å². The molecule has 0 saturated carbocycles. The molecule has 6 nitrogen and oxygen atoms in total. The number of methoxy groups -OCH3 is 1. The van der Waals surface area contributed by atoms with E-state index in [-0.39, 0.29) is 31.1 Å². The van der Waals surface area contributed by atoms with E-state index in [9.17, 15) is 14.4 Å². The lowest BCUT2D eigenvalue weighted by molar-refractivity contribution is -0.144. The molecule has 0 spiro atoms. The molecule has 0 radical (unpaired) electrons. The molecule has 1 aromatic carbocycles. The van der Waals surface area contributed by atoms with Gasteiger partial charge in [-0.25, -0.2) is 0 Å². The molecule has 106 valence electrons. The minimum atomic E-state index is -1.06. The number of rotatable bonds is 5. The second kappa shape index (κ2) is 5.73. The average molecular weight is 277 g/mol. The van der Waals surface area contributed by atoms with Crippen LogP contribution in [0, 0.1) is 0 Å². The highest BCUT2D eigenvalue weighted by atomic mass is 16.5. The van der Waals surface area contributed by atoms with Gasteiger partial charge in [-0.15, -0.1) is 0 Å². The minimum absolute atomic E-state index is 0.144. The SMILES string of the molecule is COc1ccc([C@H](CC(=O)O)N2C(=O)CCC2=O)cc1. The molecule has 1 fully saturated rings. The number of hydrogen-bond donors (Lipinski definition) is 1. The van der Waals surface area contributed by atoms with Crippen molar-refractivity contribution in [1.29, 1.82) is 0 Å². The number of amides is 2. The van der Waals surface area contributed by atoms with E-state index in [1.807, 2.05) is 0 Å². The Morgan fingerprint density at radius 1 is 1.25 bits per heavy atom. The van der Waals surface area contributed by atoms with Crippen LogP contribution in [0.15, 0.2) is 24.3 Å². The molecule has 1 heterocycles. The second-order valence-corrected chi connectivity index (χ2v) is 4.54. The van der Waals surface area contributed by atoms with Crippen LogP contribution in [0.3, 0.4) is 0 Å². The lowest BCUT2D eigenvalue weighted by Crippen LogP contribution is -2.34. The van der Waals surface area contributed by atoms with Crippen molar-refractivity contribution in [3.8, 4) is 5.75 Å². The van der Waals surface area contributed by atoms with Crippen LogP contribution >= 0.6 is 0 Å². The zero-order valence-electron chi connectivity index (χ0n) is 11.0. The zero-order chi connectivity index (χ0) is 14.7. The molecule has 1 aromatic rings. The van der Waals surface area contributed by atoms with Crippen LogP contribution < -0.4 is 4.74 Å². The predicted octanol–water partition coefficient (Wildman–Crippen LogP) is 1.36. The monoisotopic (exact) mass is 277 g/mol. The summed E-state index contributed by atoms with van der Waals surface area (Å²) in [6.45, 7) is 0. The zero-order valence-corrected chi connectivity index (χ0v) is 11.0. The first-order chi connectivity index (χ1) is 9.52. The highest BCUT2D eigenvalue weighted by molar-refractivity contribution is 6.02. The summed E-state index contributed by atoms with van der Waals surface area (Å²) in [4.78, 5) is 35.7. The van der Waals surface area contributed by atoms with E-state index in [0.29, 0.717) is 11.3 Å². The summed E-state index contributed by atoms with van der Waals surface area (Å²) in [6, 6.07) is 5.93. The fourth-order valence-corrected chi connectivity index (χ4v) is 2.29. The van der Waals surface area contributed by atoms with Gasteiger partial charge in [-0.05, 0) is 17.7 Å². The normalized spacial score (nSPS) is 16.4.